The van der Waals surface area contributed by atoms with Gasteiger partial charge in [-0.1, -0.05) is 13.8 Å². The van der Waals surface area contributed by atoms with Crippen molar-refractivity contribution in [1.29, 1.82) is 0 Å². The molecule has 0 rings (SSSR count). The lowest BCUT2D eigenvalue weighted by Crippen LogP contribution is -2.37. The van der Waals surface area contributed by atoms with Gasteiger partial charge >= 0.3 is 5.97 Å². The Morgan fingerprint density at radius 1 is 1.06 bits per heavy atom. The monoisotopic (exact) mass is 260 g/mol. The summed E-state index contributed by atoms with van der Waals surface area (Å²) >= 11 is 0. The molecule has 0 fully saturated rings. The van der Waals surface area contributed by atoms with Gasteiger partial charge in [0.2, 0.25) is 0 Å². The predicted molar refractivity (Wildman–Crippen MR) is 71.2 cm³/mol. The highest BCUT2D eigenvalue weighted by Crippen LogP contribution is 2.22. The number of carbonyl (C=O) groups excluding carboxylic acids is 1. The van der Waals surface area contributed by atoms with E-state index in [-0.39, 0.29) is 11.9 Å². The Labute approximate surface area is 111 Å². The number of rotatable bonds is 7. The molecule has 0 aromatic heterocycles. The van der Waals surface area contributed by atoms with Crippen LogP contribution in [0.4, 0.5) is 0 Å². The third-order valence-electron chi connectivity index (χ3n) is 2.56. The van der Waals surface area contributed by atoms with Crippen LogP contribution in [0.15, 0.2) is 0 Å². The summed E-state index contributed by atoms with van der Waals surface area (Å²) in [7, 11) is 3.09. The summed E-state index contributed by atoms with van der Waals surface area (Å²) < 4.78 is 15.8. The van der Waals surface area contributed by atoms with E-state index >= 15 is 0 Å². The zero-order valence-electron chi connectivity index (χ0n) is 12.8. The lowest BCUT2D eigenvalue weighted by Gasteiger charge is -2.28. The molecule has 0 aliphatic carbocycles. The van der Waals surface area contributed by atoms with E-state index in [0.717, 1.165) is 6.42 Å². The molecule has 0 aromatic rings. The van der Waals surface area contributed by atoms with Gasteiger partial charge in [0, 0.05) is 14.2 Å². The van der Waals surface area contributed by atoms with Crippen LogP contribution in [0.25, 0.3) is 0 Å². The smallest absolute Gasteiger partial charge is 0.314 e. The number of ether oxygens (including phenoxy) is 3. The molecular formula is C14H28O4. The van der Waals surface area contributed by atoms with E-state index < -0.39 is 11.9 Å². The second kappa shape index (κ2) is 7.74. The largest absolute Gasteiger partial charge is 0.460 e. The average Bonchev–Trinajstić information content (AvgIpc) is 2.21. The standard InChI is InChI=1S/C14H28O4/c1-10(2)8-9-11(13(16-6)17-7)12(15)18-14(3,4)5/h10-11,13H,8-9H2,1-7H3. The van der Waals surface area contributed by atoms with Gasteiger partial charge in [-0.15, -0.1) is 0 Å². The lowest BCUT2D eigenvalue weighted by molar-refractivity contribution is -0.186. The zero-order chi connectivity index (χ0) is 14.3. The van der Waals surface area contributed by atoms with Crippen LogP contribution >= 0.6 is 0 Å². The van der Waals surface area contributed by atoms with Gasteiger partial charge in [-0.3, -0.25) is 4.79 Å². The third-order valence-corrected chi connectivity index (χ3v) is 2.56. The number of carbonyl (C=O) groups is 1. The average molecular weight is 260 g/mol. The molecular weight excluding hydrogens is 232 g/mol. The Morgan fingerprint density at radius 3 is 1.89 bits per heavy atom. The second-order valence-electron chi connectivity index (χ2n) is 5.95. The van der Waals surface area contributed by atoms with Crippen molar-refractivity contribution in [2.45, 2.75) is 59.4 Å². The van der Waals surface area contributed by atoms with Crippen molar-refractivity contribution in [3.05, 3.63) is 0 Å². The van der Waals surface area contributed by atoms with Gasteiger partial charge in [-0.25, -0.2) is 0 Å². The van der Waals surface area contributed by atoms with E-state index in [4.69, 9.17) is 14.2 Å². The molecule has 0 saturated carbocycles. The molecule has 1 atom stereocenters. The lowest BCUT2D eigenvalue weighted by atomic mass is 9.97. The number of esters is 1. The number of hydrogen-bond donors (Lipinski definition) is 0. The molecule has 1 unspecified atom stereocenters. The van der Waals surface area contributed by atoms with Crippen molar-refractivity contribution in [2.75, 3.05) is 14.2 Å². The Morgan fingerprint density at radius 2 is 1.56 bits per heavy atom. The van der Waals surface area contributed by atoms with E-state index in [2.05, 4.69) is 13.8 Å². The van der Waals surface area contributed by atoms with Crippen LogP contribution in [0.3, 0.4) is 0 Å². The molecule has 4 nitrogen and oxygen atoms in total. The predicted octanol–water partition coefficient (Wildman–Crippen LogP) is 3.00. The first-order valence-electron chi connectivity index (χ1n) is 6.49. The van der Waals surface area contributed by atoms with E-state index in [0.29, 0.717) is 12.3 Å². The van der Waals surface area contributed by atoms with Crippen molar-refractivity contribution in [3.8, 4) is 0 Å². The van der Waals surface area contributed by atoms with Crippen LogP contribution in [0.5, 0.6) is 0 Å². The maximum absolute atomic E-state index is 12.1. The quantitative estimate of drug-likeness (QED) is 0.521. The highest BCUT2D eigenvalue weighted by molar-refractivity contribution is 5.73. The molecule has 0 aliphatic heterocycles. The molecule has 0 N–H and O–H groups in total. The van der Waals surface area contributed by atoms with Gasteiger partial charge in [0.25, 0.3) is 0 Å². The van der Waals surface area contributed by atoms with Crippen molar-refractivity contribution in [2.24, 2.45) is 11.8 Å². The maximum Gasteiger partial charge on any atom is 0.314 e. The Balaban J connectivity index is 4.68. The third kappa shape index (κ3) is 6.97. The van der Waals surface area contributed by atoms with Gasteiger partial charge in [0.05, 0.1) is 0 Å². The molecule has 0 spiro atoms. The summed E-state index contributed by atoms with van der Waals surface area (Å²) in [6.07, 6.45) is 1.10. The minimum Gasteiger partial charge on any atom is -0.460 e. The van der Waals surface area contributed by atoms with Crippen molar-refractivity contribution < 1.29 is 19.0 Å². The summed E-state index contributed by atoms with van der Waals surface area (Å²) in [5.41, 5.74) is -0.487. The van der Waals surface area contributed by atoms with Crippen molar-refractivity contribution in [1.82, 2.24) is 0 Å². The van der Waals surface area contributed by atoms with Crippen LogP contribution in [0, 0.1) is 11.8 Å². The Kier molecular flexibility index (Phi) is 7.48. The highest BCUT2D eigenvalue weighted by Gasteiger charge is 2.32. The van der Waals surface area contributed by atoms with Crippen LogP contribution in [-0.2, 0) is 19.0 Å². The van der Waals surface area contributed by atoms with Crippen molar-refractivity contribution >= 4 is 5.97 Å². The summed E-state index contributed by atoms with van der Waals surface area (Å²) in [5, 5.41) is 0. The SMILES string of the molecule is COC(OC)C(CCC(C)C)C(=O)OC(C)(C)C. The first-order chi connectivity index (χ1) is 8.21. The van der Waals surface area contributed by atoms with E-state index in [1.165, 1.54) is 0 Å². The molecule has 0 radical (unpaired) electrons. The minimum atomic E-state index is -0.543. The van der Waals surface area contributed by atoms with E-state index in [9.17, 15) is 4.79 Å². The topological polar surface area (TPSA) is 44.8 Å². The highest BCUT2D eigenvalue weighted by atomic mass is 16.7. The van der Waals surface area contributed by atoms with Crippen LogP contribution in [0.1, 0.15) is 47.5 Å². The molecule has 18 heavy (non-hydrogen) atoms. The molecule has 0 heterocycles. The van der Waals surface area contributed by atoms with E-state index in [1.807, 2.05) is 20.8 Å². The first-order valence-corrected chi connectivity index (χ1v) is 6.49. The van der Waals surface area contributed by atoms with Gasteiger partial charge in [-0.2, -0.15) is 0 Å². The molecule has 108 valence electrons. The fourth-order valence-corrected chi connectivity index (χ4v) is 1.68. The van der Waals surface area contributed by atoms with Crippen molar-refractivity contribution in [3.63, 3.8) is 0 Å². The van der Waals surface area contributed by atoms with Crippen LogP contribution in [0.2, 0.25) is 0 Å². The number of hydrogen-bond acceptors (Lipinski definition) is 4. The molecule has 0 amide bonds. The fraction of sp³-hybridized carbons (Fsp3) is 0.929. The first kappa shape index (κ1) is 17.4. The number of methoxy groups -OCH3 is 2. The Hall–Kier alpha value is -0.610. The molecule has 0 aromatic carbocycles. The van der Waals surface area contributed by atoms with Gasteiger partial charge in [0.15, 0.2) is 6.29 Å². The summed E-state index contributed by atoms with van der Waals surface area (Å²) in [4.78, 5) is 12.1. The molecule has 0 saturated heterocycles. The fourth-order valence-electron chi connectivity index (χ4n) is 1.68. The maximum atomic E-state index is 12.1. The van der Waals surface area contributed by atoms with Crippen LogP contribution < -0.4 is 0 Å². The zero-order valence-corrected chi connectivity index (χ0v) is 12.8. The molecule has 4 heteroatoms. The summed E-state index contributed by atoms with van der Waals surface area (Å²) in [6, 6.07) is 0. The summed E-state index contributed by atoms with van der Waals surface area (Å²) in [6.45, 7) is 9.83. The van der Waals surface area contributed by atoms with Gasteiger partial charge < -0.3 is 14.2 Å². The van der Waals surface area contributed by atoms with Gasteiger partial charge in [-0.05, 0) is 39.5 Å². The summed E-state index contributed by atoms with van der Waals surface area (Å²) in [5.74, 6) is -0.0947. The molecule has 0 aliphatic rings. The Bertz CT molecular complexity index is 239. The van der Waals surface area contributed by atoms with Crippen LogP contribution in [-0.4, -0.2) is 32.1 Å². The molecule has 0 bridgehead atoms. The van der Waals surface area contributed by atoms with E-state index in [1.54, 1.807) is 14.2 Å². The second-order valence-corrected chi connectivity index (χ2v) is 5.95. The normalized spacial score (nSPS) is 14.1. The van der Waals surface area contributed by atoms with Gasteiger partial charge in [0.1, 0.15) is 11.5 Å². The minimum absolute atomic E-state index is 0.253.